The van der Waals surface area contributed by atoms with Gasteiger partial charge in [0.1, 0.15) is 0 Å². The van der Waals surface area contributed by atoms with Crippen LogP contribution >= 0.6 is 11.3 Å². The number of hydrogen-bond donors (Lipinski definition) is 2. The minimum absolute atomic E-state index is 0.0122. The summed E-state index contributed by atoms with van der Waals surface area (Å²) in [5.41, 5.74) is 6.20. The third kappa shape index (κ3) is 4.59. The Labute approximate surface area is 152 Å². The van der Waals surface area contributed by atoms with Crippen LogP contribution in [-0.2, 0) is 9.53 Å². The Hall–Kier alpha value is -1.44. The molecule has 0 bridgehead atoms. The zero-order chi connectivity index (χ0) is 17.8. The highest BCUT2D eigenvalue weighted by Crippen LogP contribution is 2.21. The molecule has 1 aromatic rings. The standard InChI is InChI=1S/C18H27N3O3S/c1-12-2-3-15(25-12)17(22)20-14-4-8-21(9-5-14)18(23)16(19)13-6-10-24-11-7-13/h2-3,13-14,16H,4-11,19H2,1H3,(H,20,22). The van der Waals surface area contributed by atoms with Crippen molar-refractivity contribution in [3.05, 3.63) is 21.9 Å². The molecule has 138 valence electrons. The minimum Gasteiger partial charge on any atom is -0.381 e. The molecule has 0 saturated carbocycles. The van der Waals surface area contributed by atoms with E-state index in [0.717, 1.165) is 35.4 Å². The van der Waals surface area contributed by atoms with Gasteiger partial charge in [0.2, 0.25) is 5.91 Å². The lowest BCUT2D eigenvalue weighted by Gasteiger charge is -2.36. The van der Waals surface area contributed by atoms with Gasteiger partial charge in [-0.2, -0.15) is 0 Å². The highest BCUT2D eigenvalue weighted by atomic mass is 32.1. The molecule has 7 heteroatoms. The van der Waals surface area contributed by atoms with Crippen LogP contribution in [0.2, 0.25) is 0 Å². The van der Waals surface area contributed by atoms with Gasteiger partial charge < -0.3 is 20.7 Å². The van der Waals surface area contributed by atoms with E-state index in [-0.39, 0.29) is 23.8 Å². The maximum absolute atomic E-state index is 12.6. The van der Waals surface area contributed by atoms with E-state index in [1.54, 1.807) is 0 Å². The van der Waals surface area contributed by atoms with Crippen LogP contribution in [0.3, 0.4) is 0 Å². The van der Waals surface area contributed by atoms with Crippen LogP contribution in [0.25, 0.3) is 0 Å². The van der Waals surface area contributed by atoms with Crippen molar-refractivity contribution in [2.75, 3.05) is 26.3 Å². The average Bonchev–Trinajstić information content (AvgIpc) is 3.08. The number of thiophene rings is 1. The second-order valence-corrected chi connectivity index (χ2v) is 8.25. The van der Waals surface area contributed by atoms with Gasteiger partial charge in [0, 0.05) is 37.2 Å². The van der Waals surface area contributed by atoms with Gasteiger partial charge in [-0.05, 0) is 50.7 Å². The molecule has 2 aliphatic heterocycles. The number of carbonyl (C=O) groups is 2. The molecule has 1 atom stereocenters. The normalized spacial score (nSPS) is 21.1. The number of hydrogen-bond acceptors (Lipinski definition) is 5. The third-order valence-electron chi connectivity index (χ3n) is 5.16. The van der Waals surface area contributed by atoms with Crippen molar-refractivity contribution in [2.45, 2.75) is 44.7 Å². The van der Waals surface area contributed by atoms with Crippen LogP contribution < -0.4 is 11.1 Å². The molecule has 0 aromatic carbocycles. The van der Waals surface area contributed by atoms with Crippen LogP contribution in [-0.4, -0.2) is 55.1 Å². The summed E-state index contributed by atoms with van der Waals surface area (Å²) in [6.45, 7) is 4.70. The highest BCUT2D eigenvalue weighted by molar-refractivity contribution is 7.13. The Bertz CT molecular complexity index is 604. The van der Waals surface area contributed by atoms with E-state index in [1.807, 2.05) is 24.0 Å². The van der Waals surface area contributed by atoms with Crippen molar-refractivity contribution in [3.63, 3.8) is 0 Å². The van der Waals surface area contributed by atoms with E-state index >= 15 is 0 Å². The van der Waals surface area contributed by atoms with Gasteiger partial charge in [-0.25, -0.2) is 0 Å². The first-order valence-corrected chi connectivity index (χ1v) is 9.85. The van der Waals surface area contributed by atoms with E-state index in [2.05, 4.69) is 5.32 Å². The summed E-state index contributed by atoms with van der Waals surface area (Å²) in [4.78, 5) is 28.6. The number of amides is 2. The van der Waals surface area contributed by atoms with E-state index < -0.39 is 6.04 Å². The van der Waals surface area contributed by atoms with Gasteiger partial charge >= 0.3 is 0 Å². The highest BCUT2D eigenvalue weighted by Gasteiger charge is 2.32. The van der Waals surface area contributed by atoms with Crippen molar-refractivity contribution in [3.8, 4) is 0 Å². The molecule has 6 nitrogen and oxygen atoms in total. The molecule has 2 amide bonds. The quantitative estimate of drug-likeness (QED) is 0.847. The molecule has 3 heterocycles. The zero-order valence-corrected chi connectivity index (χ0v) is 15.5. The van der Waals surface area contributed by atoms with Crippen molar-refractivity contribution < 1.29 is 14.3 Å². The van der Waals surface area contributed by atoms with Crippen LogP contribution in [0, 0.1) is 12.8 Å². The largest absolute Gasteiger partial charge is 0.381 e. The van der Waals surface area contributed by atoms with Crippen molar-refractivity contribution >= 4 is 23.2 Å². The SMILES string of the molecule is Cc1ccc(C(=O)NC2CCN(C(=O)C(N)C3CCOCC3)CC2)s1. The summed E-state index contributed by atoms with van der Waals surface area (Å²) in [5.74, 6) is 0.257. The molecule has 0 radical (unpaired) electrons. The number of likely N-dealkylation sites (tertiary alicyclic amines) is 1. The van der Waals surface area contributed by atoms with E-state index in [1.165, 1.54) is 11.3 Å². The second kappa shape index (κ2) is 8.29. The summed E-state index contributed by atoms with van der Waals surface area (Å²) in [6.07, 6.45) is 3.28. The van der Waals surface area contributed by atoms with Crippen LogP contribution in [0.15, 0.2) is 12.1 Å². The van der Waals surface area contributed by atoms with E-state index in [4.69, 9.17) is 10.5 Å². The maximum atomic E-state index is 12.6. The topological polar surface area (TPSA) is 84.7 Å². The molecule has 25 heavy (non-hydrogen) atoms. The molecule has 0 aliphatic carbocycles. The summed E-state index contributed by atoms with van der Waals surface area (Å²) in [7, 11) is 0. The molecule has 2 aliphatic rings. The van der Waals surface area contributed by atoms with E-state index in [0.29, 0.717) is 26.3 Å². The number of nitrogens with one attached hydrogen (secondary N) is 1. The van der Waals surface area contributed by atoms with Gasteiger partial charge in [-0.3, -0.25) is 9.59 Å². The molecule has 1 unspecified atom stereocenters. The summed E-state index contributed by atoms with van der Waals surface area (Å²) < 4.78 is 5.34. The number of aryl methyl sites for hydroxylation is 1. The summed E-state index contributed by atoms with van der Waals surface area (Å²) in [6, 6.07) is 3.52. The van der Waals surface area contributed by atoms with Crippen molar-refractivity contribution in [2.24, 2.45) is 11.7 Å². The first-order valence-electron chi connectivity index (χ1n) is 9.04. The second-order valence-electron chi connectivity index (χ2n) is 6.96. The summed E-state index contributed by atoms with van der Waals surface area (Å²) in [5, 5.41) is 3.09. The molecule has 1 aromatic heterocycles. The first kappa shape index (κ1) is 18.4. The molecule has 0 spiro atoms. The number of nitrogens with two attached hydrogens (primary N) is 1. The van der Waals surface area contributed by atoms with Crippen LogP contribution in [0.5, 0.6) is 0 Å². The third-order valence-corrected chi connectivity index (χ3v) is 6.16. The zero-order valence-electron chi connectivity index (χ0n) is 14.7. The predicted octanol–water partition coefficient (Wildman–Crippen LogP) is 1.53. The maximum Gasteiger partial charge on any atom is 0.261 e. The molecule has 2 saturated heterocycles. The molecule has 3 rings (SSSR count). The van der Waals surface area contributed by atoms with E-state index in [9.17, 15) is 9.59 Å². The molecule has 2 fully saturated rings. The van der Waals surface area contributed by atoms with Crippen molar-refractivity contribution in [1.29, 1.82) is 0 Å². The molecular weight excluding hydrogens is 338 g/mol. The molecular formula is C18H27N3O3S. The Morgan fingerprint density at radius 3 is 2.52 bits per heavy atom. The molecule has 3 N–H and O–H groups in total. The van der Waals surface area contributed by atoms with Crippen molar-refractivity contribution in [1.82, 2.24) is 10.2 Å². The smallest absolute Gasteiger partial charge is 0.261 e. The predicted molar refractivity (Wildman–Crippen MR) is 97.6 cm³/mol. The number of piperidine rings is 1. The number of nitrogens with zero attached hydrogens (tertiary/aromatic N) is 1. The Balaban J connectivity index is 1.46. The lowest BCUT2D eigenvalue weighted by molar-refractivity contribution is -0.135. The number of ether oxygens (including phenoxy) is 1. The van der Waals surface area contributed by atoms with Gasteiger partial charge in [-0.1, -0.05) is 0 Å². The lowest BCUT2D eigenvalue weighted by atomic mass is 9.91. The van der Waals surface area contributed by atoms with Crippen LogP contribution in [0.4, 0.5) is 0 Å². The lowest BCUT2D eigenvalue weighted by Crippen LogP contribution is -2.53. The van der Waals surface area contributed by atoms with Crippen LogP contribution in [0.1, 0.15) is 40.2 Å². The van der Waals surface area contributed by atoms with Gasteiger partial charge in [0.05, 0.1) is 10.9 Å². The minimum atomic E-state index is -0.427. The van der Waals surface area contributed by atoms with Gasteiger partial charge in [0.15, 0.2) is 0 Å². The Kier molecular flexibility index (Phi) is 6.09. The fourth-order valence-electron chi connectivity index (χ4n) is 3.54. The monoisotopic (exact) mass is 365 g/mol. The Morgan fingerprint density at radius 1 is 1.24 bits per heavy atom. The van der Waals surface area contributed by atoms with Gasteiger partial charge in [0.25, 0.3) is 5.91 Å². The number of rotatable bonds is 4. The Morgan fingerprint density at radius 2 is 1.92 bits per heavy atom. The van der Waals surface area contributed by atoms with Gasteiger partial charge in [-0.15, -0.1) is 11.3 Å². The number of carbonyl (C=O) groups excluding carboxylic acids is 2. The fourth-order valence-corrected chi connectivity index (χ4v) is 4.32. The fraction of sp³-hybridized carbons (Fsp3) is 0.667. The summed E-state index contributed by atoms with van der Waals surface area (Å²) >= 11 is 1.51. The average molecular weight is 365 g/mol. The first-order chi connectivity index (χ1) is 12.0.